The monoisotopic (exact) mass is 314 g/mol. The summed E-state index contributed by atoms with van der Waals surface area (Å²) in [6.07, 6.45) is 0. The van der Waals surface area contributed by atoms with Crippen molar-refractivity contribution in [3.63, 3.8) is 0 Å². The SMILES string of the molecule is COCCN(CC(=O)O)C(=O)CNC(=O)c1ccc(C)s1. The number of carboxylic acids is 1. The van der Waals surface area contributed by atoms with Crippen LogP contribution in [0.4, 0.5) is 0 Å². The van der Waals surface area contributed by atoms with Crippen molar-refractivity contribution in [3.8, 4) is 0 Å². The molecule has 0 aliphatic carbocycles. The van der Waals surface area contributed by atoms with Gasteiger partial charge >= 0.3 is 5.97 Å². The lowest BCUT2D eigenvalue weighted by atomic mass is 10.4. The Bertz CT molecular complexity index is 514. The molecule has 0 radical (unpaired) electrons. The van der Waals surface area contributed by atoms with Crippen molar-refractivity contribution in [2.24, 2.45) is 0 Å². The van der Waals surface area contributed by atoms with Gasteiger partial charge in [-0.25, -0.2) is 0 Å². The highest BCUT2D eigenvalue weighted by molar-refractivity contribution is 7.13. The van der Waals surface area contributed by atoms with E-state index in [1.54, 1.807) is 6.07 Å². The quantitative estimate of drug-likeness (QED) is 0.721. The number of nitrogens with one attached hydrogen (secondary N) is 1. The molecule has 0 aliphatic heterocycles. The first kappa shape index (κ1) is 17.1. The van der Waals surface area contributed by atoms with Gasteiger partial charge in [0, 0.05) is 18.5 Å². The fourth-order valence-electron chi connectivity index (χ4n) is 1.57. The molecule has 0 saturated carbocycles. The third-order valence-corrected chi connectivity index (χ3v) is 3.61. The minimum absolute atomic E-state index is 0.162. The topological polar surface area (TPSA) is 95.9 Å². The highest BCUT2D eigenvalue weighted by Gasteiger charge is 2.17. The Morgan fingerprint density at radius 1 is 1.38 bits per heavy atom. The number of thiophene rings is 1. The number of aliphatic carboxylic acids is 1. The first-order chi connectivity index (χ1) is 9.93. The molecule has 8 heteroatoms. The summed E-state index contributed by atoms with van der Waals surface area (Å²) in [6, 6.07) is 3.50. The molecule has 0 saturated heterocycles. The molecule has 0 unspecified atom stereocenters. The van der Waals surface area contributed by atoms with E-state index in [9.17, 15) is 14.4 Å². The van der Waals surface area contributed by atoms with Crippen molar-refractivity contribution in [2.45, 2.75) is 6.92 Å². The van der Waals surface area contributed by atoms with Gasteiger partial charge in [-0.2, -0.15) is 0 Å². The molecule has 0 aliphatic rings. The van der Waals surface area contributed by atoms with Crippen molar-refractivity contribution in [1.29, 1.82) is 0 Å². The molecule has 0 spiro atoms. The third-order valence-electron chi connectivity index (χ3n) is 2.61. The summed E-state index contributed by atoms with van der Waals surface area (Å²) < 4.78 is 4.83. The second-order valence-electron chi connectivity index (χ2n) is 4.29. The molecule has 116 valence electrons. The summed E-state index contributed by atoms with van der Waals surface area (Å²) >= 11 is 1.33. The van der Waals surface area contributed by atoms with Gasteiger partial charge in [-0.05, 0) is 19.1 Å². The Hall–Kier alpha value is -1.93. The number of carboxylic acid groups (broad SMARTS) is 1. The van der Waals surface area contributed by atoms with E-state index < -0.39 is 18.4 Å². The van der Waals surface area contributed by atoms with Gasteiger partial charge in [0.05, 0.1) is 18.0 Å². The summed E-state index contributed by atoms with van der Waals surface area (Å²) in [6.45, 7) is 1.61. The van der Waals surface area contributed by atoms with Crippen LogP contribution >= 0.6 is 11.3 Å². The molecule has 0 atom stereocenters. The van der Waals surface area contributed by atoms with E-state index in [0.29, 0.717) is 4.88 Å². The van der Waals surface area contributed by atoms with Crippen LogP contribution in [0.15, 0.2) is 12.1 Å². The second-order valence-corrected chi connectivity index (χ2v) is 5.58. The van der Waals surface area contributed by atoms with Gasteiger partial charge in [0.25, 0.3) is 5.91 Å². The van der Waals surface area contributed by atoms with Crippen LogP contribution in [-0.4, -0.2) is 61.1 Å². The highest BCUT2D eigenvalue weighted by Crippen LogP contribution is 2.14. The van der Waals surface area contributed by atoms with Gasteiger partial charge in [0.2, 0.25) is 5.91 Å². The molecular formula is C13H18N2O5S. The lowest BCUT2D eigenvalue weighted by Crippen LogP contribution is -2.43. The molecule has 1 aromatic rings. The van der Waals surface area contributed by atoms with Gasteiger partial charge in [0.15, 0.2) is 0 Å². The van der Waals surface area contributed by atoms with Gasteiger partial charge in [-0.15, -0.1) is 11.3 Å². The zero-order valence-electron chi connectivity index (χ0n) is 11.9. The first-order valence-electron chi connectivity index (χ1n) is 6.27. The molecular weight excluding hydrogens is 296 g/mol. The Balaban J connectivity index is 2.52. The van der Waals surface area contributed by atoms with E-state index in [4.69, 9.17) is 9.84 Å². The van der Waals surface area contributed by atoms with Crippen molar-refractivity contribution < 1.29 is 24.2 Å². The molecule has 0 aromatic carbocycles. The zero-order chi connectivity index (χ0) is 15.8. The first-order valence-corrected chi connectivity index (χ1v) is 7.09. The lowest BCUT2D eigenvalue weighted by molar-refractivity contribution is -0.144. The zero-order valence-corrected chi connectivity index (χ0v) is 12.7. The predicted molar refractivity (Wildman–Crippen MR) is 77.5 cm³/mol. The number of hydrogen-bond acceptors (Lipinski definition) is 5. The summed E-state index contributed by atoms with van der Waals surface area (Å²) in [5.74, 6) is -1.92. The number of ether oxygens (including phenoxy) is 1. The van der Waals surface area contributed by atoms with Crippen LogP contribution in [0.1, 0.15) is 14.5 Å². The van der Waals surface area contributed by atoms with Crippen LogP contribution in [0.5, 0.6) is 0 Å². The maximum atomic E-state index is 11.9. The van der Waals surface area contributed by atoms with Crippen molar-refractivity contribution in [3.05, 3.63) is 21.9 Å². The summed E-state index contributed by atoms with van der Waals surface area (Å²) in [5.41, 5.74) is 0. The normalized spacial score (nSPS) is 10.2. The summed E-state index contributed by atoms with van der Waals surface area (Å²) in [5, 5.41) is 11.3. The molecule has 1 aromatic heterocycles. The predicted octanol–water partition coefficient (Wildman–Crippen LogP) is 0.346. The number of methoxy groups -OCH3 is 1. The average Bonchev–Trinajstić information content (AvgIpc) is 2.86. The molecule has 1 rings (SSSR count). The van der Waals surface area contributed by atoms with Crippen LogP contribution in [0.2, 0.25) is 0 Å². The minimum atomic E-state index is -1.11. The van der Waals surface area contributed by atoms with Gasteiger partial charge in [-0.3, -0.25) is 14.4 Å². The number of amides is 2. The van der Waals surface area contributed by atoms with Gasteiger partial charge in [0.1, 0.15) is 6.54 Å². The van der Waals surface area contributed by atoms with Crippen LogP contribution in [0.3, 0.4) is 0 Å². The minimum Gasteiger partial charge on any atom is -0.480 e. The Kier molecular flexibility index (Phi) is 6.83. The maximum Gasteiger partial charge on any atom is 0.323 e. The molecule has 21 heavy (non-hydrogen) atoms. The molecule has 0 fully saturated rings. The molecule has 0 bridgehead atoms. The van der Waals surface area contributed by atoms with E-state index in [2.05, 4.69) is 5.32 Å². The van der Waals surface area contributed by atoms with Crippen molar-refractivity contribution in [2.75, 3.05) is 33.4 Å². The van der Waals surface area contributed by atoms with E-state index in [1.165, 1.54) is 18.4 Å². The number of aryl methyl sites for hydroxylation is 1. The molecule has 1 heterocycles. The van der Waals surface area contributed by atoms with Crippen LogP contribution in [0, 0.1) is 6.92 Å². The molecule has 7 nitrogen and oxygen atoms in total. The van der Waals surface area contributed by atoms with Crippen molar-refractivity contribution in [1.82, 2.24) is 10.2 Å². The average molecular weight is 314 g/mol. The number of carbonyl (C=O) groups is 3. The lowest BCUT2D eigenvalue weighted by Gasteiger charge is -2.20. The third kappa shape index (κ3) is 5.92. The van der Waals surface area contributed by atoms with Crippen molar-refractivity contribution >= 4 is 29.1 Å². The van der Waals surface area contributed by atoms with Crippen LogP contribution in [-0.2, 0) is 14.3 Å². The standard InChI is InChI=1S/C13H18N2O5S/c1-9-3-4-10(21-9)13(19)14-7-11(16)15(5-6-20-2)8-12(17)18/h3-4H,5-8H2,1-2H3,(H,14,19)(H,17,18). The number of carbonyl (C=O) groups excluding carboxylic acids is 2. The number of hydrogen-bond donors (Lipinski definition) is 2. The molecule has 2 N–H and O–H groups in total. The highest BCUT2D eigenvalue weighted by atomic mass is 32.1. The van der Waals surface area contributed by atoms with E-state index >= 15 is 0 Å². The Morgan fingerprint density at radius 2 is 2.10 bits per heavy atom. The fraction of sp³-hybridized carbons (Fsp3) is 0.462. The smallest absolute Gasteiger partial charge is 0.323 e. The number of rotatable bonds is 8. The number of nitrogens with zero attached hydrogens (tertiary/aromatic N) is 1. The molecule has 2 amide bonds. The Morgan fingerprint density at radius 3 is 2.62 bits per heavy atom. The van der Waals surface area contributed by atoms with Gasteiger partial charge < -0.3 is 20.1 Å². The van der Waals surface area contributed by atoms with E-state index in [-0.39, 0.29) is 25.6 Å². The van der Waals surface area contributed by atoms with E-state index in [0.717, 1.165) is 9.78 Å². The summed E-state index contributed by atoms with van der Waals surface area (Å²) in [7, 11) is 1.46. The summed E-state index contributed by atoms with van der Waals surface area (Å²) in [4.78, 5) is 37.1. The largest absolute Gasteiger partial charge is 0.480 e. The maximum absolute atomic E-state index is 11.9. The van der Waals surface area contributed by atoms with Crippen LogP contribution < -0.4 is 5.32 Å². The Labute approximate surface area is 126 Å². The fourth-order valence-corrected chi connectivity index (χ4v) is 2.35. The van der Waals surface area contributed by atoms with E-state index in [1.807, 2.05) is 13.0 Å². The van der Waals surface area contributed by atoms with Gasteiger partial charge in [-0.1, -0.05) is 0 Å². The van der Waals surface area contributed by atoms with Crippen LogP contribution in [0.25, 0.3) is 0 Å². The second kappa shape index (κ2) is 8.38.